The summed E-state index contributed by atoms with van der Waals surface area (Å²) in [6.45, 7) is 6.82. The Morgan fingerprint density at radius 2 is 2.17 bits per heavy atom. The molecule has 1 nitrogen and oxygen atoms in total. The third-order valence-corrected chi connectivity index (χ3v) is 2.36. The topological polar surface area (TPSA) is 12.9 Å². The zero-order chi connectivity index (χ0) is 9.03. The first kappa shape index (κ1) is 9.24. The predicted octanol–water partition coefficient (Wildman–Crippen LogP) is 3.06. The summed E-state index contributed by atoms with van der Waals surface area (Å²) in [5.41, 5.74) is 1.74. The second-order valence-corrected chi connectivity index (χ2v) is 4.06. The fourth-order valence-electron chi connectivity index (χ4n) is 1.18. The van der Waals surface area contributed by atoms with Gasteiger partial charge in [-0.1, -0.05) is 33.3 Å². The molecular formula is C11H17N. The van der Waals surface area contributed by atoms with Crippen LogP contribution in [0.2, 0.25) is 0 Å². The number of aromatic nitrogens is 1. The lowest BCUT2D eigenvalue weighted by molar-refractivity contribution is 0.349. The second kappa shape index (κ2) is 3.70. The number of rotatable bonds is 3. The van der Waals surface area contributed by atoms with Gasteiger partial charge in [-0.15, -0.1) is 0 Å². The third-order valence-electron chi connectivity index (χ3n) is 2.36. The fraction of sp³-hybridized carbons (Fsp3) is 0.545. The van der Waals surface area contributed by atoms with Crippen molar-refractivity contribution in [1.82, 2.24) is 4.98 Å². The summed E-state index contributed by atoms with van der Waals surface area (Å²) in [7, 11) is 0. The summed E-state index contributed by atoms with van der Waals surface area (Å²) in [6, 6.07) is 4.14. The normalized spacial score (nSPS) is 11.6. The Hall–Kier alpha value is -0.850. The maximum absolute atomic E-state index is 4.10. The van der Waals surface area contributed by atoms with E-state index >= 15 is 0 Å². The van der Waals surface area contributed by atoms with Crippen molar-refractivity contribution in [2.24, 2.45) is 5.41 Å². The van der Waals surface area contributed by atoms with Crippen LogP contribution in [0, 0.1) is 5.41 Å². The lowest BCUT2D eigenvalue weighted by Gasteiger charge is -2.22. The van der Waals surface area contributed by atoms with E-state index in [1.807, 2.05) is 18.5 Å². The van der Waals surface area contributed by atoms with Crippen LogP contribution in [0.25, 0.3) is 0 Å². The molecule has 0 unspecified atom stereocenters. The van der Waals surface area contributed by atoms with Gasteiger partial charge in [0.25, 0.3) is 0 Å². The van der Waals surface area contributed by atoms with Gasteiger partial charge >= 0.3 is 0 Å². The van der Waals surface area contributed by atoms with Crippen LogP contribution in [0.3, 0.4) is 0 Å². The summed E-state index contributed by atoms with van der Waals surface area (Å²) < 4.78 is 0. The van der Waals surface area contributed by atoms with Crippen LogP contribution in [0.15, 0.2) is 24.5 Å². The van der Waals surface area contributed by atoms with Crippen LogP contribution in [0.5, 0.6) is 0 Å². The minimum absolute atomic E-state index is 0.406. The van der Waals surface area contributed by atoms with Crippen molar-refractivity contribution < 1.29 is 0 Å². The summed E-state index contributed by atoms with van der Waals surface area (Å²) in [5, 5.41) is 0. The molecule has 0 amide bonds. The molecule has 0 aliphatic heterocycles. The van der Waals surface area contributed by atoms with Crippen molar-refractivity contribution in [1.29, 1.82) is 0 Å². The molecule has 1 rings (SSSR count). The molecule has 0 aliphatic rings. The van der Waals surface area contributed by atoms with Crippen LogP contribution in [0.1, 0.15) is 32.8 Å². The quantitative estimate of drug-likeness (QED) is 0.667. The summed E-state index contributed by atoms with van der Waals surface area (Å²) in [5.74, 6) is 0. The SMILES string of the molecule is CCC(C)(C)Cc1cccnc1. The van der Waals surface area contributed by atoms with E-state index in [1.165, 1.54) is 12.0 Å². The van der Waals surface area contributed by atoms with Crippen molar-refractivity contribution in [3.05, 3.63) is 30.1 Å². The van der Waals surface area contributed by atoms with E-state index in [9.17, 15) is 0 Å². The van der Waals surface area contributed by atoms with Gasteiger partial charge in [-0.3, -0.25) is 4.98 Å². The number of pyridine rings is 1. The Labute approximate surface area is 74.8 Å². The second-order valence-electron chi connectivity index (χ2n) is 4.06. The average Bonchev–Trinajstić information content (AvgIpc) is 2.06. The molecule has 0 spiro atoms. The molecule has 12 heavy (non-hydrogen) atoms. The largest absolute Gasteiger partial charge is 0.264 e. The molecule has 0 fully saturated rings. The smallest absolute Gasteiger partial charge is 0.0300 e. The van der Waals surface area contributed by atoms with Crippen LogP contribution >= 0.6 is 0 Å². The van der Waals surface area contributed by atoms with Gasteiger partial charge in [0.05, 0.1) is 0 Å². The molecule has 0 bridgehead atoms. The van der Waals surface area contributed by atoms with E-state index in [-0.39, 0.29) is 0 Å². The molecule has 0 atom stereocenters. The van der Waals surface area contributed by atoms with Gasteiger partial charge in [0, 0.05) is 12.4 Å². The summed E-state index contributed by atoms with van der Waals surface area (Å²) in [6.07, 6.45) is 6.11. The third kappa shape index (κ3) is 2.65. The van der Waals surface area contributed by atoms with E-state index in [2.05, 4.69) is 31.8 Å². The Balaban J connectivity index is 2.64. The average molecular weight is 163 g/mol. The summed E-state index contributed by atoms with van der Waals surface area (Å²) >= 11 is 0. The molecule has 0 aliphatic carbocycles. The number of hydrogen-bond donors (Lipinski definition) is 0. The first-order valence-electron chi connectivity index (χ1n) is 4.53. The molecule has 1 heteroatoms. The summed E-state index contributed by atoms with van der Waals surface area (Å²) in [4.78, 5) is 4.10. The van der Waals surface area contributed by atoms with Crippen LogP contribution in [0.4, 0.5) is 0 Å². The number of nitrogens with zero attached hydrogens (tertiary/aromatic N) is 1. The lowest BCUT2D eigenvalue weighted by Crippen LogP contribution is -2.13. The molecule has 1 aromatic rings. The van der Waals surface area contributed by atoms with Crippen molar-refractivity contribution in [2.45, 2.75) is 33.6 Å². The van der Waals surface area contributed by atoms with Crippen molar-refractivity contribution in [3.8, 4) is 0 Å². The maximum Gasteiger partial charge on any atom is 0.0300 e. The highest BCUT2D eigenvalue weighted by Gasteiger charge is 2.15. The maximum atomic E-state index is 4.10. The molecule has 1 heterocycles. The van der Waals surface area contributed by atoms with E-state index in [0.29, 0.717) is 5.41 Å². The molecule has 66 valence electrons. The highest BCUT2D eigenvalue weighted by molar-refractivity contribution is 5.10. The Bertz CT molecular complexity index is 226. The van der Waals surface area contributed by atoms with Crippen molar-refractivity contribution in [2.75, 3.05) is 0 Å². The Morgan fingerprint density at radius 1 is 1.42 bits per heavy atom. The minimum atomic E-state index is 0.406. The molecule has 0 N–H and O–H groups in total. The highest BCUT2D eigenvalue weighted by Crippen LogP contribution is 2.24. The standard InChI is InChI=1S/C11H17N/c1-4-11(2,3)8-10-6-5-7-12-9-10/h5-7,9H,4,8H2,1-3H3. The zero-order valence-electron chi connectivity index (χ0n) is 8.17. The van der Waals surface area contributed by atoms with Gasteiger partial charge in [-0.25, -0.2) is 0 Å². The highest BCUT2D eigenvalue weighted by atomic mass is 14.6. The molecule has 0 radical (unpaired) electrons. The van der Waals surface area contributed by atoms with Gasteiger partial charge in [-0.05, 0) is 23.5 Å². The van der Waals surface area contributed by atoms with Crippen LogP contribution in [-0.4, -0.2) is 4.98 Å². The van der Waals surface area contributed by atoms with E-state index in [4.69, 9.17) is 0 Å². The molecule has 0 saturated carbocycles. The first-order chi connectivity index (χ1) is 5.64. The Morgan fingerprint density at radius 3 is 2.67 bits per heavy atom. The minimum Gasteiger partial charge on any atom is -0.264 e. The van der Waals surface area contributed by atoms with Gasteiger partial charge in [0.15, 0.2) is 0 Å². The van der Waals surface area contributed by atoms with E-state index in [0.717, 1.165) is 6.42 Å². The number of hydrogen-bond acceptors (Lipinski definition) is 1. The fourth-order valence-corrected chi connectivity index (χ4v) is 1.18. The van der Waals surface area contributed by atoms with Gasteiger partial charge in [0.2, 0.25) is 0 Å². The van der Waals surface area contributed by atoms with Crippen molar-refractivity contribution in [3.63, 3.8) is 0 Å². The molecule has 0 saturated heterocycles. The van der Waals surface area contributed by atoms with Crippen LogP contribution < -0.4 is 0 Å². The van der Waals surface area contributed by atoms with E-state index in [1.54, 1.807) is 0 Å². The molecular weight excluding hydrogens is 146 g/mol. The van der Waals surface area contributed by atoms with Crippen LogP contribution in [-0.2, 0) is 6.42 Å². The monoisotopic (exact) mass is 163 g/mol. The van der Waals surface area contributed by atoms with E-state index < -0.39 is 0 Å². The lowest BCUT2D eigenvalue weighted by atomic mass is 9.84. The predicted molar refractivity (Wildman–Crippen MR) is 52.0 cm³/mol. The zero-order valence-corrected chi connectivity index (χ0v) is 8.17. The van der Waals surface area contributed by atoms with Crippen molar-refractivity contribution >= 4 is 0 Å². The van der Waals surface area contributed by atoms with Gasteiger partial charge in [-0.2, -0.15) is 0 Å². The van der Waals surface area contributed by atoms with Gasteiger partial charge < -0.3 is 0 Å². The first-order valence-corrected chi connectivity index (χ1v) is 4.53. The molecule has 1 aromatic heterocycles. The molecule has 0 aromatic carbocycles. The Kier molecular flexibility index (Phi) is 2.85. The van der Waals surface area contributed by atoms with Gasteiger partial charge in [0.1, 0.15) is 0 Å².